The van der Waals surface area contributed by atoms with Crippen molar-refractivity contribution in [3.63, 3.8) is 0 Å². The number of carbonyl (C=O) groups is 2. The van der Waals surface area contributed by atoms with E-state index < -0.39 is 21.8 Å². The van der Waals surface area contributed by atoms with E-state index in [1.165, 1.54) is 35.0 Å². The fraction of sp³-hybridized carbons (Fsp3) is 0.0323. The van der Waals surface area contributed by atoms with Gasteiger partial charge in [-0.25, -0.2) is 13.1 Å². The van der Waals surface area contributed by atoms with E-state index in [1.807, 2.05) is 36.4 Å². The van der Waals surface area contributed by atoms with Crippen molar-refractivity contribution in [1.29, 1.82) is 0 Å². The summed E-state index contributed by atoms with van der Waals surface area (Å²) in [5.74, 6) is -1.35. The Balaban J connectivity index is 1.26. The van der Waals surface area contributed by atoms with Crippen molar-refractivity contribution >= 4 is 44.4 Å². The summed E-state index contributed by atoms with van der Waals surface area (Å²) in [6.07, 6.45) is 1.47. The first-order chi connectivity index (χ1) is 20.3. The number of aromatic nitrogens is 2. The van der Waals surface area contributed by atoms with Gasteiger partial charge in [0.05, 0.1) is 17.3 Å². The van der Waals surface area contributed by atoms with Gasteiger partial charge in [-0.05, 0) is 47.5 Å². The zero-order chi connectivity index (χ0) is 29.5. The van der Waals surface area contributed by atoms with Crippen LogP contribution in [0.3, 0.4) is 0 Å². The molecule has 210 valence electrons. The predicted molar refractivity (Wildman–Crippen MR) is 161 cm³/mol. The van der Waals surface area contributed by atoms with Crippen molar-refractivity contribution in [2.24, 2.45) is 0 Å². The molecular weight excluding hydrogens is 554 g/mol. The molecule has 11 heteroatoms. The maximum Gasteiger partial charge on any atom is 0.290 e. The van der Waals surface area contributed by atoms with Gasteiger partial charge in [-0.3, -0.25) is 30.0 Å². The molecule has 0 radical (unpaired) electrons. The van der Waals surface area contributed by atoms with Crippen LogP contribution >= 0.6 is 0 Å². The van der Waals surface area contributed by atoms with Gasteiger partial charge >= 0.3 is 0 Å². The van der Waals surface area contributed by atoms with Crippen molar-refractivity contribution in [3.8, 4) is 0 Å². The summed E-state index contributed by atoms with van der Waals surface area (Å²) < 4.78 is 28.4. The molecule has 2 amide bonds. The summed E-state index contributed by atoms with van der Waals surface area (Å²) in [7, 11) is -3.78. The Morgan fingerprint density at radius 2 is 1.33 bits per heavy atom. The van der Waals surface area contributed by atoms with Gasteiger partial charge in [-0.2, -0.15) is 5.10 Å². The molecule has 0 aliphatic carbocycles. The number of fused-ring (bicyclic) bond motifs is 1. The summed E-state index contributed by atoms with van der Waals surface area (Å²) in [5.41, 5.74) is 6.30. The van der Waals surface area contributed by atoms with Crippen LogP contribution in [0, 0.1) is 0 Å². The zero-order valence-corrected chi connectivity index (χ0v) is 22.9. The number of nitrogens with one attached hydrogen (secondary N) is 3. The third-order valence-corrected chi connectivity index (χ3v) is 7.21. The van der Waals surface area contributed by atoms with Gasteiger partial charge in [0, 0.05) is 16.6 Å². The van der Waals surface area contributed by atoms with Crippen molar-refractivity contribution in [2.75, 3.05) is 4.72 Å². The quantitative estimate of drug-likeness (QED) is 0.238. The van der Waals surface area contributed by atoms with Crippen molar-refractivity contribution in [3.05, 3.63) is 147 Å². The molecule has 0 fully saturated rings. The fourth-order valence-corrected chi connectivity index (χ4v) is 5.00. The molecule has 0 atom stereocenters. The summed E-state index contributed by atoms with van der Waals surface area (Å²) >= 11 is 0. The Morgan fingerprint density at radius 3 is 2.02 bits per heavy atom. The van der Waals surface area contributed by atoms with E-state index in [4.69, 9.17) is 0 Å². The molecule has 5 rings (SSSR count). The highest BCUT2D eigenvalue weighted by Crippen LogP contribution is 2.15. The second-order valence-electron chi connectivity index (χ2n) is 9.19. The summed E-state index contributed by atoms with van der Waals surface area (Å²) in [5, 5.41) is 6.01. The van der Waals surface area contributed by atoms with Crippen molar-refractivity contribution in [2.45, 2.75) is 6.54 Å². The van der Waals surface area contributed by atoms with Gasteiger partial charge in [-0.1, -0.05) is 78.9 Å². The van der Waals surface area contributed by atoms with E-state index in [9.17, 15) is 22.8 Å². The Morgan fingerprint density at radius 1 is 0.738 bits per heavy atom. The van der Waals surface area contributed by atoms with E-state index in [2.05, 4.69) is 20.7 Å². The third kappa shape index (κ3) is 6.77. The first-order valence-electron chi connectivity index (χ1n) is 12.8. The van der Waals surface area contributed by atoms with Crippen LogP contribution in [0.1, 0.15) is 32.0 Å². The number of hydrazine groups is 1. The third-order valence-electron chi connectivity index (χ3n) is 6.19. The van der Waals surface area contributed by atoms with E-state index in [1.54, 1.807) is 48.5 Å². The maximum atomic E-state index is 13.1. The second kappa shape index (κ2) is 12.3. The van der Waals surface area contributed by atoms with Crippen LogP contribution in [0.25, 0.3) is 16.8 Å². The first-order valence-corrected chi connectivity index (χ1v) is 14.3. The molecule has 0 saturated heterocycles. The number of carbonyl (C=O) groups excluding carboxylic acids is 2. The fourth-order valence-electron chi connectivity index (χ4n) is 4.13. The average Bonchev–Trinajstić information content (AvgIpc) is 3.01. The average molecular weight is 580 g/mol. The molecule has 5 aromatic rings. The number of amides is 2. The minimum absolute atomic E-state index is 0.0326. The van der Waals surface area contributed by atoms with E-state index in [0.717, 1.165) is 16.5 Å². The largest absolute Gasteiger partial charge is 0.290 e. The number of anilines is 1. The second-order valence-corrected chi connectivity index (χ2v) is 10.8. The number of rotatable bonds is 8. The Kier molecular flexibility index (Phi) is 8.21. The van der Waals surface area contributed by atoms with Gasteiger partial charge in [0.1, 0.15) is 0 Å². The SMILES string of the molecule is O=C(NNC(=O)c1nn(Cc2ccccc2)c(=O)c2ccccc12)c1ccc(NS(=O)(=O)C=Cc2ccccc2)cc1. The standard InChI is InChI=1S/C31H25N5O5S/c37-29(24-15-17-25(18-16-24)35-42(40,41)20-19-22-9-3-1-4-10-22)32-33-30(38)28-26-13-7-8-14-27(26)31(39)36(34-28)21-23-11-5-2-6-12-23/h1-20,35H,21H2,(H,32,37)(H,33,38). The number of hydrogen-bond acceptors (Lipinski definition) is 6. The van der Waals surface area contributed by atoms with E-state index in [0.29, 0.717) is 10.8 Å². The van der Waals surface area contributed by atoms with Crippen LogP contribution < -0.4 is 21.1 Å². The summed E-state index contributed by atoms with van der Waals surface area (Å²) in [4.78, 5) is 38.8. The molecule has 3 N–H and O–H groups in total. The molecule has 0 saturated carbocycles. The Labute approximate surface area is 241 Å². The van der Waals surface area contributed by atoms with E-state index in [-0.39, 0.29) is 29.0 Å². The number of sulfonamides is 1. The van der Waals surface area contributed by atoms with Crippen LogP contribution in [0.2, 0.25) is 0 Å². The van der Waals surface area contributed by atoms with Crippen LogP contribution in [0.5, 0.6) is 0 Å². The molecule has 0 aliphatic heterocycles. The Hall–Kier alpha value is -5.55. The minimum atomic E-state index is -3.78. The highest BCUT2D eigenvalue weighted by atomic mass is 32.2. The lowest BCUT2D eigenvalue weighted by Crippen LogP contribution is -2.42. The van der Waals surface area contributed by atoms with Crippen molar-refractivity contribution in [1.82, 2.24) is 20.6 Å². The van der Waals surface area contributed by atoms with Crippen molar-refractivity contribution < 1.29 is 18.0 Å². The number of nitrogens with zero attached hydrogens (tertiary/aromatic N) is 2. The molecule has 42 heavy (non-hydrogen) atoms. The molecule has 0 spiro atoms. The van der Waals surface area contributed by atoms with Gasteiger partial charge in [-0.15, -0.1) is 0 Å². The van der Waals surface area contributed by atoms with Crippen LogP contribution in [-0.4, -0.2) is 30.0 Å². The monoisotopic (exact) mass is 579 g/mol. The van der Waals surface area contributed by atoms with Gasteiger partial charge < -0.3 is 0 Å². The highest BCUT2D eigenvalue weighted by molar-refractivity contribution is 7.95. The molecule has 1 aromatic heterocycles. The minimum Gasteiger partial charge on any atom is -0.280 e. The van der Waals surface area contributed by atoms with Gasteiger partial charge in [0.2, 0.25) is 0 Å². The summed E-state index contributed by atoms with van der Waals surface area (Å²) in [6.45, 7) is 0.162. The number of benzene rings is 4. The molecule has 1 heterocycles. The lowest BCUT2D eigenvalue weighted by Gasteiger charge is -2.12. The van der Waals surface area contributed by atoms with Crippen LogP contribution in [0.15, 0.2) is 119 Å². The Bertz CT molecular complexity index is 1940. The summed E-state index contributed by atoms with van der Waals surface area (Å²) in [6, 6.07) is 30.5. The molecular formula is C31H25N5O5S. The lowest BCUT2D eigenvalue weighted by atomic mass is 10.1. The highest BCUT2D eigenvalue weighted by Gasteiger charge is 2.18. The molecule has 10 nitrogen and oxygen atoms in total. The normalized spacial score (nSPS) is 11.3. The molecule has 0 bridgehead atoms. The van der Waals surface area contributed by atoms with E-state index >= 15 is 0 Å². The first kappa shape index (κ1) is 28.0. The smallest absolute Gasteiger partial charge is 0.280 e. The number of hydrogen-bond donors (Lipinski definition) is 3. The molecule has 0 aliphatic rings. The maximum absolute atomic E-state index is 13.1. The predicted octanol–water partition coefficient (Wildman–Crippen LogP) is 3.93. The zero-order valence-electron chi connectivity index (χ0n) is 22.1. The topological polar surface area (TPSA) is 139 Å². The molecule has 4 aromatic carbocycles. The lowest BCUT2D eigenvalue weighted by molar-refractivity contribution is 0.0843. The van der Waals surface area contributed by atoms with Gasteiger partial charge in [0.15, 0.2) is 5.69 Å². The molecule has 0 unspecified atom stereocenters. The van der Waals surface area contributed by atoms with Gasteiger partial charge in [0.25, 0.3) is 27.4 Å². The van der Waals surface area contributed by atoms with Crippen LogP contribution in [-0.2, 0) is 16.6 Å². The van der Waals surface area contributed by atoms with Crippen LogP contribution in [0.4, 0.5) is 5.69 Å².